The van der Waals surface area contributed by atoms with E-state index in [0.717, 1.165) is 193 Å². The van der Waals surface area contributed by atoms with Crippen molar-refractivity contribution < 1.29 is 80.2 Å². The molecule has 0 radical (unpaired) electrons. The van der Waals surface area contributed by atoms with Crippen LogP contribution in [-0.2, 0) is 65.4 Å². The van der Waals surface area contributed by atoms with E-state index >= 15 is 0 Å². The first kappa shape index (κ1) is 103. The Labute approximate surface area is 655 Å². The fraction of sp³-hybridized carbons (Fsp3) is 0.663. The summed E-state index contributed by atoms with van der Waals surface area (Å²) >= 11 is 0. The fourth-order valence-corrected chi connectivity index (χ4v) is 12.3. The third-order valence-corrected chi connectivity index (χ3v) is 18.9. The number of unbranched alkanes of at least 4 members (excludes halogenated alkanes) is 25. The third kappa shape index (κ3) is 78.8. The minimum atomic E-state index is -5.01. The molecule has 0 bridgehead atoms. The van der Waals surface area contributed by atoms with Crippen molar-refractivity contribution in [2.45, 2.75) is 341 Å². The van der Waals surface area contributed by atoms with E-state index in [4.69, 9.17) is 37.0 Å². The van der Waals surface area contributed by atoms with Crippen molar-refractivity contribution in [2.24, 2.45) is 0 Å². The second-order valence-corrected chi connectivity index (χ2v) is 30.2. The molecule has 5 atom stereocenters. The predicted molar refractivity (Wildman–Crippen MR) is 445 cm³/mol. The lowest BCUT2D eigenvalue weighted by Crippen LogP contribution is -2.30. The van der Waals surface area contributed by atoms with E-state index in [1.165, 1.54) is 44.9 Å². The number of rotatable bonds is 77. The normalized spacial score (nSPS) is 14.6. The predicted octanol–water partition coefficient (Wildman–Crippen LogP) is 24.8. The van der Waals surface area contributed by atoms with Gasteiger partial charge in [0.05, 0.1) is 26.4 Å². The molecule has 0 aromatic rings. The van der Waals surface area contributed by atoms with Crippen molar-refractivity contribution >= 4 is 39.5 Å². The Bertz CT molecular complexity index is 2660. The standard InChI is InChI=1S/C89H148O17P2/c1-5-9-13-17-21-25-29-33-36-39-41-44-46-50-53-57-61-65-69-73-86(91)99-79-84(105-88(93)75-71-67-63-59-55-49-32-28-24-20-16-12-8-4)81-103-107(95,96)101-77-83(90)78-102-108(97,98)104-82-85(106-89(94)76-72-68-64-60-56-52-48-43-38-35-31-27-23-19-15-11-7-3)80-100-87(92)74-70-66-62-58-54-51-47-45-42-40-37-34-30-26-22-18-14-10-6-2/h10-11,14-15,21-23,25-28,32-38,41-42,44-45,51,54,62,66,83-85,90H,5-9,12-13,16-20,24,29-31,39-40,43,46-50,52-53,55-61,63-65,67-82H2,1-4H3,(H,95,96)(H,97,98)/b14-10-,15-11-,25-21-,26-22-,27-23-,32-28-,36-33-,37-34-,38-35-,44-41-,45-42-,54-51-,66-62-. The number of allylic oxidation sites excluding steroid dienone is 26. The first-order valence-corrected chi connectivity index (χ1v) is 44.7. The molecular formula is C89H148O17P2. The molecule has 0 saturated heterocycles. The smallest absolute Gasteiger partial charge is 0.462 e. The van der Waals surface area contributed by atoms with Gasteiger partial charge >= 0.3 is 39.5 Å². The van der Waals surface area contributed by atoms with Gasteiger partial charge in [-0.15, -0.1) is 0 Å². The number of phosphoric acid groups is 2. The van der Waals surface area contributed by atoms with Gasteiger partial charge < -0.3 is 33.8 Å². The average molecular weight is 1550 g/mol. The fourth-order valence-electron chi connectivity index (χ4n) is 10.7. The SMILES string of the molecule is CC/C=C\C/C=C\C/C=C\C/C=C\C/C=C\C/C=C\CCC(=O)OCC(COP(=O)(O)OCC(O)COP(=O)(O)OCC(COC(=O)CCCCCCCC/C=C\C/C=C\C/C=C\CCCCC)OC(=O)CCCCCCC/C=C\CCCCCC)OC(=O)CCCCCCCCC/C=C\C/C=C\C/C=C\CC. The molecule has 0 spiro atoms. The second kappa shape index (κ2) is 79.8. The van der Waals surface area contributed by atoms with E-state index in [-0.39, 0.29) is 25.7 Å². The lowest BCUT2D eigenvalue weighted by atomic mass is 10.1. The molecule has 0 heterocycles. The lowest BCUT2D eigenvalue weighted by molar-refractivity contribution is -0.161. The molecule has 3 N–H and O–H groups in total. The summed E-state index contributed by atoms with van der Waals surface area (Å²) in [5, 5.41) is 10.7. The maximum atomic E-state index is 13.1. The van der Waals surface area contributed by atoms with Gasteiger partial charge in [0.15, 0.2) is 12.2 Å². The first-order chi connectivity index (χ1) is 52.7. The summed E-state index contributed by atoms with van der Waals surface area (Å²) in [6.07, 6.45) is 93.6. The van der Waals surface area contributed by atoms with Crippen LogP contribution in [0.4, 0.5) is 0 Å². The molecule has 5 unspecified atom stereocenters. The summed E-state index contributed by atoms with van der Waals surface area (Å²) in [6, 6.07) is 0. The minimum Gasteiger partial charge on any atom is -0.462 e. The zero-order valence-corrected chi connectivity index (χ0v) is 69.3. The number of carbonyl (C=O) groups excluding carboxylic acids is 4. The maximum absolute atomic E-state index is 13.1. The Hall–Kier alpha value is -5.32. The molecule has 0 rings (SSSR count). The summed E-state index contributed by atoms with van der Waals surface area (Å²) in [7, 11) is -10.0. The van der Waals surface area contributed by atoms with Gasteiger partial charge in [-0.1, -0.05) is 295 Å². The number of esters is 4. The molecule has 0 aromatic carbocycles. The highest BCUT2D eigenvalue weighted by Gasteiger charge is 2.30. The minimum absolute atomic E-state index is 0.0290. The molecule has 19 heteroatoms. The zero-order chi connectivity index (χ0) is 78.9. The molecular weight excluding hydrogens is 1400 g/mol. The molecule has 0 aliphatic rings. The number of hydrogen-bond acceptors (Lipinski definition) is 15. The summed E-state index contributed by atoms with van der Waals surface area (Å²) < 4.78 is 68.6. The molecule has 0 aliphatic heterocycles. The van der Waals surface area contributed by atoms with E-state index < -0.39 is 97.5 Å². The number of carbonyl (C=O) groups is 4. The molecule has 0 aliphatic carbocycles. The van der Waals surface area contributed by atoms with Gasteiger partial charge in [-0.05, 0) is 161 Å². The highest BCUT2D eigenvalue weighted by atomic mass is 31.2. The van der Waals surface area contributed by atoms with Crippen LogP contribution in [0.3, 0.4) is 0 Å². The van der Waals surface area contributed by atoms with Crippen LogP contribution in [-0.4, -0.2) is 96.7 Å². The van der Waals surface area contributed by atoms with E-state index in [0.29, 0.717) is 32.1 Å². The largest absolute Gasteiger partial charge is 0.472 e. The van der Waals surface area contributed by atoms with Crippen LogP contribution in [0.1, 0.15) is 323 Å². The molecule has 0 aromatic heterocycles. The van der Waals surface area contributed by atoms with E-state index in [1.54, 1.807) is 0 Å². The lowest BCUT2D eigenvalue weighted by Gasteiger charge is -2.21. The van der Waals surface area contributed by atoms with Crippen LogP contribution in [0.15, 0.2) is 158 Å². The van der Waals surface area contributed by atoms with Crippen molar-refractivity contribution in [3.63, 3.8) is 0 Å². The summed E-state index contributed by atoms with van der Waals surface area (Å²) in [6.45, 7) is 4.50. The highest BCUT2D eigenvalue weighted by Crippen LogP contribution is 2.45. The number of ether oxygens (including phenoxy) is 4. The first-order valence-electron chi connectivity index (χ1n) is 41.7. The van der Waals surface area contributed by atoms with Crippen molar-refractivity contribution in [1.82, 2.24) is 0 Å². The van der Waals surface area contributed by atoms with Crippen molar-refractivity contribution in [2.75, 3.05) is 39.6 Å². The molecule has 0 amide bonds. The van der Waals surface area contributed by atoms with E-state index in [1.807, 2.05) is 18.2 Å². The van der Waals surface area contributed by atoms with E-state index in [9.17, 15) is 43.2 Å². The number of hydrogen-bond donors (Lipinski definition) is 3. The van der Waals surface area contributed by atoms with Crippen LogP contribution in [0.5, 0.6) is 0 Å². The Morgan fingerprint density at radius 3 is 0.824 bits per heavy atom. The van der Waals surface area contributed by atoms with Crippen molar-refractivity contribution in [3.05, 3.63) is 158 Å². The third-order valence-electron chi connectivity index (χ3n) is 17.0. The summed E-state index contributed by atoms with van der Waals surface area (Å²) in [5.74, 6) is -2.31. The van der Waals surface area contributed by atoms with Gasteiger partial charge in [0.1, 0.15) is 19.3 Å². The molecule has 0 saturated carbocycles. The van der Waals surface area contributed by atoms with Gasteiger partial charge in [-0.2, -0.15) is 0 Å². The summed E-state index contributed by atoms with van der Waals surface area (Å²) in [5.41, 5.74) is 0. The zero-order valence-electron chi connectivity index (χ0n) is 67.5. The number of aliphatic hydroxyl groups is 1. The number of phosphoric ester groups is 2. The molecule has 17 nitrogen and oxygen atoms in total. The average Bonchev–Trinajstić information content (AvgIpc) is 0.886. The van der Waals surface area contributed by atoms with Gasteiger partial charge in [0, 0.05) is 25.7 Å². The Balaban J connectivity index is 5.45. The van der Waals surface area contributed by atoms with Gasteiger partial charge in [0.25, 0.3) is 0 Å². The monoisotopic (exact) mass is 1550 g/mol. The molecule has 0 fully saturated rings. The highest BCUT2D eigenvalue weighted by molar-refractivity contribution is 7.47. The maximum Gasteiger partial charge on any atom is 0.472 e. The van der Waals surface area contributed by atoms with Crippen LogP contribution in [0.25, 0.3) is 0 Å². The van der Waals surface area contributed by atoms with Gasteiger partial charge in [-0.25, -0.2) is 9.13 Å². The Kier molecular flexibility index (Phi) is 75.8. The van der Waals surface area contributed by atoms with Gasteiger partial charge in [-0.3, -0.25) is 37.3 Å². The Morgan fingerprint density at radius 1 is 0.269 bits per heavy atom. The van der Waals surface area contributed by atoms with Crippen molar-refractivity contribution in [1.29, 1.82) is 0 Å². The quantitative estimate of drug-likeness (QED) is 0.0169. The molecule has 616 valence electrons. The second-order valence-electron chi connectivity index (χ2n) is 27.3. The van der Waals surface area contributed by atoms with Crippen molar-refractivity contribution in [3.8, 4) is 0 Å². The number of aliphatic hydroxyl groups excluding tert-OH is 1. The van der Waals surface area contributed by atoms with Crippen LogP contribution in [0.2, 0.25) is 0 Å². The van der Waals surface area contributed by atoms with Crippen LogP contribution < -0.4 is 0 Å². The van der Waals surface area contributed by atoms with E-state index in [2.05, 4.69) is 167 Å². The van der Waals surface area contributed by atoms with Gasteiger partial charge in [0.2, 0.25) is 0 Å². The molecule has 108 heavy (non-hydrogen) atoms. The Morgan fingerprint density at radius 2 is 0.500 bits per heavy atom. The van der Waals surface area contributed by atoms with Crippen LogP contribution >= 0.6 is 15.6 Å². The summed E-state index contributed by atoms with van der Waals surface area (Å²) in [4.78, 5) is 73.1. The van der Waals surface area contributed by atoms with Crippen LogP contribution in [0, 0.1) is 0 Å². The topological polar surface area (TPSA) is 237 Å².